The highest BCUT2D eigenvalue weighted by molar-refractivity contribution is 5.84. The van der Waals surface area contributed by atoms with Gasteiger partial charge in [0, 0.05) is 12.0 Å². The molecule has 1 fully saturated rings. The SMILES string of the molecule is CCCCCN1CC(=O)CC1(C)C. The number of hydrogen-bond acceptors (Lipinski definition) is 2. The van der Waals surface area contributed by atoms with Gasteiger partial charge in [-0.3, -0.25) is 9.69 Å². The zero-order valence-corrected chi connectivity index (χ0v) is 9.10. The van der Waals surface area contributed by atoms with Crippen LogP contribution in [0.4, 0.5) is 0 Å². The minimum Gasteiger partial charge on any atom is -0.298 e. The van der Waals surface area contributed by atoms with Crippen LogP contribution in [0, 0.1) is 0 Å². The molecule has 0 saturated carbocycles. The van der Waals surface area contributed by atoms with Crippen molar-refractivity contribution in [3.63, 3.8) is 0 Å². The molecule has 0 atom stereocenters. The summed E-state index contributed by atoms with van der Waals surface area (Å²) in [5.74, 6) is 0.404. The molecule has 0 unspecified atom stereocenters. The molecule has 1 saturated heterocycles. The molecular weight excluding hydrogens is 162 g/mol. The lowest BCUT2D eigenvalue weighted by molar-refractivity contribution is -0.117. The van der Waals surface area contributed by atoms with E-state index in [-0.39, 0.29) is 5.54 Å². The molecular formula is C11H21NO. The maximum atomic E-state index is 11.3. The molecule has 0 aliphatic carbocycles. The number of carbonyl (C=O) groups is 1. The molecule has 1 aliphatic rings. The fourth-order valence-electron chi connectivity index (χ4n) is 2.01. The van der Waals surface area contributed by atoms with Gasteiger partial charge in [-0.1, -0.05) is 19.8 Å². The normalized spacial score (nSPS) is 22.5. The molecule has 76 valence electrons. The van der Waals surface area contributed by atoms with Crippen LogP contribution in [0.15, 0.2) is 0 Å². The van der Waals surface area contributed by atoms with E-state index in [1.165, 1.54) is 19.3 Å². The molecule has 0 aromatic heterocycles. The maximum Gasteiger partial charge on any atom is 0.148 e. The average Bonchev–Trinajstić information content (AvgIpc) is 2.25. The van der Waals surface area contributed by atoms with E-state index in [9.17, 15) is 4.79 Å². The van der Waals surface area contributed by atoms with Crippen LogP contribution < -0.4 is 0 Å². The van der Waals surface area contributed by atoms with Gasteiger partial charge in [0.05, 0.1) is 6.54 Å². The number of carbonyl (C=O) groups excluding carboxylic acids is 1. The Kier molecular flexibility index (Phi) is 3.48. The first-order valence-electron chi connectivity index (χ1n) is 5.33. The topological polar surface area (TPSA) is 20.3 Å². The van der Waals surface area contributed by atoms with Crippen LogP contribution in [0.25, 0.3) is 0 Å². The van der Waals surface area contributed by atoms with Crippen LogP contribution in [-0.4, -0.2) is 29.3 Å². The molecule has 2 heteroatoms. The van der Waals surface area contributed by atoms with Crippen molar-refractivity contribution >= 4 is 5.78 Å². The molecule has 13 heavy (non-hydrogen) atoms. The number of ketones is 1. The van der Waals surface area contributed by atoms with Crippen LogP contribution in [0.5, 0.6) is 0 Å². The summed E-state index contributed by atoms with van der Waals surface area (Å²) < 4.78 is 0. The Hall–Kier alpha value is -0.370. The monoisotopic (exact) mass is 183 g/mol. The van der Waals surface area contributed by atoms with Crippen LogP contribution in [-0.2, 0) is 4.79 Å². The van der Waals surface area contributed by atoms with Gasteiger partial charge >= 0.3 is 0 Å². The number of nitrogens with zero attached hydrogens (tertiary/aromatic N) is 1. The van der Waals surface area contributed by atoms with Crippen LogP contribution in [0.3, 0.4) is 0 Å². The molecule has 1 aliphatic heterocycles. The van der Waals surface area contributed by atoms with Crippen LogP contribution >= 0.6 is 0 Å². The van der Waals surface area contributed by atoms with Crippen molar-refractivity contribution < 1.29 is 4.79 Å². The molecule has 1 heterocycles. The molecule has 0 N–H and O–H groups in total. The highest BCUT2D eigenvalue weighted by Gasteiger charge is 2.36. The van der Waals surface area contributed by atoms with Crippen molar-refractivity contribution in [2.24, 2.45) is 0 Å². The summed E-state index contributed by atoms with van der Waals surface area (Å²) in [7, 11) is 0. The van der Waals surface area contributed by atoms with Crippen LogP contribution in [0.2, 0.25) is 0 Å². The van der Waals surface area contributed by atoms with Gasteiger partial charge in [0.15, 0.2) is 0 Å². The van der Waals surface area contributed by atoms with E-state index in [0.29, 0.717) is 12.3 Å². The fourth-order valence-corrected chi connectivity index (χ4v) is 2.01. The van der Waals surface area contributed by atoms with Gasteiger partial charge in [0.2, 0.25) is 0 Å². The summed E-state index contributed by atoms with van der Waals surface area (Å²) in [4.78, 5) is 13.6. The summed E-state index contributed by atoms with van der Waals surface area (Å²) >= 11 is 0. The van der Waals surface area contributed by atoms with Crippen LogP contribution in [0.1, 0.15) is 46.5 Å². The van der Waals surface area contributed by atoms with Gasteiger partial charge in [-0.2, -0.15) is 0 Å². The Bertz CT molecular complexity index is 187. The second-order valence-corrected chi connectivity index (χ2v) is 4.66. The highest BCUT2D eigenvalue weighted by atomic mass is 16.1. The summed E-state index contributed by atoms with van der Waals surface area (Å²) in [6, 6.07) is 0. The van der Waals surface area contributed by atoms with E-state index in [0.717, 1.165) is 13.0 Å². The quantitative estimate of drug-likeness (QED) is 0.623. The average molecular weight is 183 g/mol. The number of likely N-dealkylation sites (tertiary alicyclic amines) is 1. The van der Waals surface area contributed by atoms with E-state index >= 15 is 0 Å². The molecule has 0 aromatic carbocycles. The Morgan fingerprint density at radius 2 is 2.08 bits per heavy atom. The van der Waals surface area contributed by atoms with E-state index in [1.807, 2.05) is 0 Å². The largest absolute Gasteiger partial charge is 0.298 e. The first-order chi connectivity index (χ1) is 6.06. The van der Waals surface area contributed by atoms with E-state index in [2.05, 4.69) is 25.7 Å². The van der Waals surface area contributed by atoms with E-state index in [4.69, 9.17) is 0 Å². The molecule has 0 aromatic rings. The third-order valence-corrected chi connectivity index (χ3v) is 2.88. The standard InChI is InChI=1S/C11H21NO/c1-4-5-6-7-12-9-10(13)8-11(12,2)3/h4-9H2,1-3H3. The Balaban J connectivity index is 2.36. The fraction of sp³-hybridized carbons (Fsp3) is 0.909. The van der Waals surface area contributed by atoms with E-state index in [1.54, 1.807) is 0 Å². The first kappa shape index (κ1) is 10.7. The summed E-state index contributed by atoms with van der Waals surface area (Å²) in [6.45, 7) is 8.32. The van der Waals surface area contributed by atoms with Gasteiger partial charge in [-0.05, 0) is 26.8 Å². The number of Topliss-reactive ketones (excluding diaryl/α,β-unsaturated/α-hetero) is 1. The minimum absolute atomic E-state index is 0.116. The van der Waals surface area contributed by atoms with Gasteiger partial charge in [0.1, 0.15) is 5.78 Å². The number of hydrogen-bond donors (Lipinski definition) is 0. The zero-order chi connectivity index (χ0) is 9.90. The molecule has 2 nitrogen and oxygen atoms in total. The second-order valence-electron chi connectivity index (χ2n) is 4.66. The summed E-state index contributed by atoms with van der Waals surface area (Å²) in [5, 5.41) is 0. The van der Waals surface area contributed by atoms with Gasteiger partial charge in [-0.15, -0.1) is 0 Å². The van der Waals surface area contributed by atoms with Crippen molar-refractivity contribution in [3.05, 3.63) is 0 Å². The lowest BCUT2D eigenvalue weighted by Crippen LogP contribution is -2.38. The van der Waals surface area contributed by atoms with Gasteiger partial charge in [-0.25, -0.2) is 0 Å². The number of rotatable bonds is 4. The lowest BCUT2D eigenvalue weighted by atomic mass is 10.0. The zero-order valence-electron chi connectivity index (χ0n) is 9.10. The predicted octanol–water partition coefficient (Wildman–Crippen LogP) is 2.23. The van der Waals surface area contributed by atoms with Crippen molar-refractivity contribution in [1.82, 2.24) is 4.90 Å². The molecule has 0 amide bonds. The second kappa shape index (κ2) is 4.23. The lowest BCUT2D eigenvalue weighted by Gasteiger charge is -2.30. The minimum atomic E-state index is 0.116. The summed E-state index contributed by atoms with van der Waals surface area (Å²) in [6.07, 6.45) is 4.50. The third kappa shape index (κ3) is 2.80. The first-order valence-corrected chi connectivity index (χ1v) is 5.33. The van der Waals surface area contributed by atoms with Crippen molar-refractivity contribution in [2.75, 3.05) is 13.1 Å². The van der Waals surface area contributed by atoms with Gasteiger partial charge < -0.3 is 0 Å². The van der Waals surface area contributed by atoms with Gasteiger partial charge in [0.25, 0.3) is 0 Å². The van der Waals surface area contributed by atoms with E-state index < -0.39 is 0 Å². The van der Waals surface area contributed by atoms with Crippen molar-refractivity contribution in [3.8, 4) is 0 Å². The molecule has 1 rings (SSSR count). The predicted molar refractivity (Wildman–Crippen MR) is 54.8 cm³/mol. The highest BCUT2D eigenvalue weighted by Crippen LogP contribution is 2.26. The molecule has 0 bridgehead atoms. The van der Waals surface area contributed by atoms with Crippen molar-refractivity contribution in [2.45, 2.75) is 52.0 Å². The van der Waals surface area contributed by atoms with Crippen molar-refractivity contribution in [1.29, 1.82) is 0 Å². The maximum absolute atomic E-state index is 11.3. The number of unbranched alkanes of at least 4 members (excludes halogenated alkanes) is 2. The third-order valence-electron chi connectivity index (χ3n) is 2.88. The summed E-state index contributed by atoms with van der Waals surface area (Å²) in [5.41, 5.74) is 0.116. The Morgan fingerprint density at radius 3 is 2.54 bits per heavy atom. The smallest absolute Gasteiger partial charge is 0.148 e. The molecule has 0 radical (unpaired) electrons. The Labute approximate surface area is 81.3 Å². The Morgan fingerprint density at radius 1 is 1.38 bits per heavy atom. The molecule has 0 spiro atoms.